The summed E-state index contributed by atoms with van der Waals surface area (Å²) >= 11 is 1.72. The van der Waals surface area contributed by atoms with Crippen LogP contribution in [0.1, 0.15) is 18.2 Å². The molecule has 1 atom stereocenters. The third kappa shape index (κ3) is 3.20. The van der Waals surface area contributed by atoms with E-state index in [9.17, 15) is 0 Å². The van der Waals surface area contributed by atoms with Gasteiger partial charge in [-0.2, -0.15) is 0 Å². The van der Waals surface area contributed by atoms with Crippen LogP contribution in [0.4, 0.5) is 5.00 Å². The summed E-state index contributed by atoms with van der Waals surface area (Å²) in [6.07, 6.45) is 2.39. The minimum atomic E-state index is 0.623. The van der Waals surface area contributed by atoms with Gasteiger partial charge in [-0.1, -0.05) is 0 Å². The smallest absolute Gasteiger partial charge is 0.0859 e. The summed E-state index contributed by atoms with van der Waals surface area (Å²) in [5.41, 5.74) is 5.75. The number of nitrogens with two attached hydrogens (primary N) is 1. The zero-order valence-electron chi connectivity index (χ0n) is 9.91. The van der Waals surface area contributed by atoms with Gasteiger partial charge < -0.3 is 11.1 Å². The first kappa shape index (κ1) is 11.9. The number of thiophene rings is 1. The second-order valence-corrected chi connectivity index (χ2v) is 5.70. The Morgan fingerprint density at radius 2 is 2.31 bits per heavy atom. The fourth-order valence-corrected chi connectivity index (χ4v) is 3.13. The van der Waals surface area contributed by atoms with Crippen LogP contribution < -0.4 is 11.1 Å². The standard InChI is InChI=1S/C12H21N3S/c1-10(9-11-3-4-12(13)16-11)15-7-2-5-14-6-8-15/h3-4,10,14H,2,5-9,13H2,1H3. The topological polar surface area (TPSA) is 41.3 Å². The highest BCUT2D eigenvalue weighted by Crippen LogP contribution is 2.21. The molecule has 90 valence electrons. The third-order valence-electron chi connectivity index (χ3n) is 3.18. The molecule has 0 aromatic carbocycles. The lowest BCUT2D eigenvalue weighted by Crippen LogP contribution is -2.37. The van der Waals surface area contributed by atoms with E-state index in [-0.39, 0.29) is 0 Å². The van der Waals surface area contributed by atoms with Gasteiger partial charge in [-0.05, 0) is 45.0 Å². The van der Waals surface area contributed by atoms with Gasteiger partial charge in [-0.15, -0.1) is 11.3 Å². The van der Waals surface area contributed by atoms with E-state index in [0.29, 0.717) is 6.04 Å². The van der Waals surface area contributed by atoms with E-state index in [2.05, 4.69) is 23.2 Å². The van der Waals surface area contributed by atoms with Crippen molar-refractivity contribution in [2.24, 2.45) is 0 Å². The molecule has 0 amide bonds. The van der Waals surface area contributed by atoms with Gasteiger partial charge in [0, 0.05) is 24.0 Å². The third-order valence-corrected chi connectivity index (χ3v) is 4.11. The Kier molecular flexibility index (Phi) is 4.21. The van der Waals surface area contributed by atoms with Crippen molar-refractivity contribution in [3.8, 4) is 0 Å². The number of rotatable bonds is 3. The first-order chi connectivity index (χ1) is 7.75. The highest BCUT2D eigenvalue weighted by Gasteiger charge is 2.16. The van der Waals surface area contributed by atoms with Crippen LogP contribution in [0.5, 0.6) is 0 Å². The summed E-state index contributed by atoms with van der Waals surface area (Å²) in [4.78, 5) is 3.98. The zero-order chi connectivity index (χ0) is 11.4. The maximum absolute atomic E-state index is 5.75. The van der Waals surface area contributed by atoms with E-state index in [0.717, 1.165) is 24.5 Å². The predicted molar refractivity (Wildman–Crippen MR) is 71.0 cm³/mol. The summed E-state index contributed by atoms with van der Waals surface area (Å²) < 4.78 is 0. The second kappa shape index (κ2) is 5.66. The fourth-order valence-electron chi connectivity index (χ4n) is 2.23. The second-order valence-electron chi connectivity index (χ2n) is 4.50. The first-order valence-corrected chi connectivity index (χ1v) is 6.86. The number of nitrogens with zero attached hydrogens (tertiary/aromatic N) is 1. The van der Waals surface area contributed by atoms with E-state index in [1.165, 1.54) is 24.4 Å². The van der Waals surface area contributed by atoms with Crippen molar-refractivity contribution in [1.82, 2.24) is 10.2 Å². The number of anilines is 1. The molecule has 1 aromatic heterocycles. The van der Waals surface area contributed by atoms with Crippen molar-refractivity contribution < 1.29 is 0 Å². The van der Waals surface area contributed by atoms with E-state index in [4.69, 9.17) is 5.73 Å². The highest BCUT2D eigenvalue weighted by atomic mass is 32.1. The Balaban J connectivity index is 1.88. The van der Waals surface area contributed by atoms with Crippen molar-refractivity contribution in [3.63, 3.8) is 0 Å². The largest absolute Gasteiger partial charge is 0.391 e. The van der Waals surface area contributed by atoms with Gasteiger partial charge in [0.25, 0.3) is 0 Å². The molecule has 0 aliphatic carbocycles. The number of nitrogens with one attached hydrogen (secondary N) is 1. The number of nitrogen functional groups attached to an aromatic ring is 1. The van der Waals surface area contributed by atoms with Gasteiger partial charge in [-0.25, -0.2) is 0 Å². The quantitative estimate of drug-likeness (QED) is 0.841. The van der Waals surface area contributed by atoms with E-state index < -0.39 is 0 Å². The van der Waals surface area contributed by atoms with Crippen LogP contribution in [0.3, 0.4) is 0 Å². The van der Waals surface area contributed by atoms with Crippen LogP contribution in [0.2, 0.25) is 0 Å². The Labute approximate surface area is 102 Å². The molecule has 0 bridgehead atoms. The van der Waals surface area contributed by atoms with Crippen LogP contribution in [0, 0.1) is 0 Å². The molecule has 3 N–H and O–H groups in total. The van der Waals surface area contributed by atoms with Crippen LogP contribution >= 0.6 is 11.3 Å². The van der Waals surface area contributed by atoms with Crippen molar-refractivity contribution in [2.75, 3.05) is 31.9 Å². The van der Waals surface area contributed by atoms with E-state index in [1.54, 1.807) is 11.3 Å². The molecule has 3 nitrogen and oxygen atoms in total. The van der Waals surface area contributed by atoms with Crippen LogP contribution in [-0.4, -0.2) is 37.1 Å². The molecular formula is C12H21N3S. The number of hydrogen-bond donors (Lipinski definition) is 2. The molecule has 1 aromatic rings. The maximum Gasteiger partial charge on any atom is 0.0859 e. The summed E-state index contributed by atoms with van der Waals surface area (Å²) in [6.45, 7) is 6.99. The van der Waals surface area contributed by atoms with Gasteiger partial charge in [0.05, 0.1) is 5.00 Å². The Morgan fingerprint density at radius 3 is 3.06 bits per heavy atom. The highest BCUT2D eigenvalue weighted by molar-refractivity contribution is 7.15. The molecule has 1 fully saturated rings. The molecule has 4 heteroatoms. The minimum Gasteiger partial charge on any atom is -0.391 e. The van der Waals surface area contributed by atoms with Gasteiger partial charge in [0.1, 0.15) is 0 Å². The summed E-state index contributed by atoms with van der Waals surface area (Å²) in [5, 5.41) is 4.37. The fraction of sp³-hybridized carbons (Fsp3) is 0.667. The Bertz CT molecular complexity index is 316. The average Bonchev–Trinajstić information content (AvgIpc) is 2.56. The van der Waals surface area contributed by atoms with Gasteiger partial charge in [0.2, 0.25) is 0 Å². The summed E-state index contributed by atoms with van der Waals surface area (Å²) in [7, 11) is 0. The molecule has 0 spiro atoms. The van der Waals surface area contributed by atoms with Crippen molar-refractivity contribution in [1.29, 1.82) is 0 Å². The van der Waals surface area contributed by atoms with Crippen LogP contribution in [0.25, 0.3) is 0 Å². The lowest BCUT2D eigenvalue weighted by molar-refractivity contribution is 0.222. The van der Waals surface area contributed by atoms with E-state index >= 15 is 0 Å². The lowest BCUT2D eigenvalue weighted by atomic mass is 10.1. The molecule has 1 unspecified atom stereocenters. The molecule has 2 heterocycles. The first-order valence-electron chi connectivity index (χ1n) is 6.04. The summed E-state index contributed by atoms with van der Waals surface area (Å²) in [5.74, 6) is 0. The molecule has 16 heavy (non-hydrogen) atoms. The molecule has 0 saturated carbocycles. The Hall–Kier alpha value is -0.580. The minimum absolute atomic E-state index is 0.623. The van der Waals surface area contributed by atoms with Gasteiger partial charge in [0.15, 0.2) is 0 Å². The lowest BCUT2D eigenvalue weighted by Gasteiger charge is -2.26. The molecular weight excluding hydrogens is 218 g/mol. The average molecular weight is 239 g/mol. The predicted octanol–water partition coefficient (Wildman–Crippen LogP) is 1.56. The maximum atomic E-state index is 5.75. The van der Waals surface area contributed by atoms with Gasteiger partial charge >= 0.3 is 0 Å². The molecule has 0 radical (unpaired) electrons. The molecule has 1 aliphatic heterocycles. The van der Waals surface area contributed by atoms with Crippen LogP contribution in [0.15, 0.2) is 12.1 Å². The Morgan fingerprint density at radius 1 is 1.44 bits per heavy atom. The zero-order valence-corrected chi connectivity index (χ0v) is 10.7. The molecule has 2 rings (SSSR count). The van der Waals surface area contributed by atoms with Crippen molar-refractivity contribution in [3.05, 3.63) is 17.0 Å². The number of hydrogen-bond acceptors (Lipinski definition) is 4. The summed E-state index contributed by atoms with van der Waals surface area (Å²) in [6, 6.07) is 4.79. The van der Waals surface area contributed by atoms with Crippen molar-refractivity contribution in [2.45, 2.75) is 25.8 Å². The molecule has 1 saturated heterocycles. The van der Waals surface area contributed by atoms with Crippen molar-refractivity contribution >= 4 is 16.3 Å². The van der Waals surface area contributed by atoms with E-state index in [1.807, 2.05) is 6.07 Å². The molecule has 1 aliphatic rings. The normalized spacial score (nSPS) is 20.6. The van der Waals surface area contributed by atoms with Crippen LogP contribution in [-0.2, 0) is 6.42 Å². The monoisotopic (exact) mass is 239 g/mol. The van der Waals surface area contributed by atoms with Gasteiger partial charge in [-0.3, -0.25) is 4.90 Å². The SMILES string of the molecule is CC(Cc1ccc(N)s1)N1CCCNCC1.